The number of esters is 1. The topological polar surface area (TPSA) is 67.9 Å². The van der Waals surface area contributed by atoms with Gasteiger partial charge in [-0.25, -0.2) is 4.79 Å². The summed E-state index contributed by atoms with van der Waals surface area (Å²) in [6, 6.07) is 0.644. The van der Waals surface area contributed by atoms with Gasteiger partial charge in [0.1, 0.15) is 0 Å². The van der Waals surface area contributed by atoms with Crippen molar-refractivity contribution in [2.24, 2.45) is 5.92 Å². The van der Waals surface area contributed by atoms with E-state index in [0.29, 0.717) is 19.1 Å². The molecule has 114 valence electrons. The number of hydrogen-bond donors (Lipinski definition) is 1. The van der Waals surface area contributed by atoms with Crippen molar-refractivity contribution in [2.45, 2.75) is 44.2 Å². The fourth-order valence-electron chi connectivity index (χ4n) is 3.26. The summed E-state index contributed by atoms with van der Waals surface area (Å²) >= 11 is 0. The van der Waals surface area contributed by atoms with E-state index in [-0.39, 0.29) is 24.0 Å². The zero-order chi connectivity index (χ0) is 14.5. The Morgan fingerprint density at radius 2 is 1.75 bits per heavy atom. The first kappa shape index (κ1) is 15.1. The number of likely N-dealkylation sites (tertiary alicyclic amines) is 1. The fourth-order valence-corrected chi connectivity index (χ4v) is 3.26. The molecule has 0 aromatic rings. The molecular formula is C14H24N2O4. The molecule has 1 saturated heterocycles. The minimum Gasteiger partial charge on any atom is -0.469 e. The summed E-state index contributed by atoms with van der Waals surface area (Å²) in [6.45, 7) is 0.971. The number of carbonyl (C=O) groups is 2. The maximum Gasteiger partial charge on any atom is 0.409 e. The van der Waals surface area contributed by atoms with E-state index in [1.807, 2.05) is 0 Å². The van der Waals surface area contributed by atoms with Gasteiger partial charge in [0.15, 0.2) is 0 Å². The smallest absolute Gasteiger partial charge is 0.409 e. The number of piperidine rings is 1. The Kier molecular flexibility index (Phi) is 5.23. The molecule has 1 aliphatic carbocycles. The third-order valence-corrected chi connectivity index (χ3v) is 4.24. The van der Waals surface area contributed by atoms with E-state index < -0.39 is 0 Å². The monoisotopic (exact) mass is 284 g/mol. The van der Waals surface area contributed by atoms with Crippen LogP contribution in [-0.4, -0.2) is 56.4 Å². The normalized spacial score (nSPS) is 27.4. The average Bonchev–Trinajstić information content (AvgIpc) is 2.98. The molecule has 1 heterocycles. The summed E-state index contributed by atoms with van der Waals surface area (Å²) < 4.78 is 9.60. The third-order valence-electron chi connectivity index (χ3n) is 4.24. The minimum absolute atomic E-state index is 0.134. The predicted molar refractivity (Wildman–Crippen MR) is 73.3 cm³/mol. The van der Waals surface area contributed by atoms with Gasteiger partial charge in [0.2, 0.25) is 0 Å². The SMILES string of the molecule is COC(=O)C1CC(NC2CCCC2)CN(C(=O)OC)C1. The minimum atomic E-state index is -0.378. The van der Waals surface area contributed by atoms with Gasteiger partial charge in [0.25, 0.3) is 0 Å². The molecule has 0 aromatic carbocycles. The molecule has 2 unspecified atom stereocenters. The number of amides is 1. The zero-order valence-corrected chi connectivity index (χ0v) is 12.3. The fraction of sp³-hybridized carbons (Fsp3) is 0.857. The first-order valence-corrected chi connectivity index (χ1v) is 7.30. The highest BCUT2D eigenvalue weighted by Crippen LogP contribution is 2.23. The van der Waals surface area contributed by atoms with E-state index in [0.717, 1.165) is 6.42 Å². The van der Waals surface area contributed by atoms with Crippen molar-refractivity contribution in [1.29, 1.82) is 0 Å². The molecule has 6 nitrogen and oxygen atoms in total. The molecule has 2 aliphatic rings. The van der Waals surface area contributed by atoms with Crippen molar-refractivity contribution < 1.29 is 19.1 Å². The highest BCUT2D eigenvalue weighted by atomic mass is 16.5. The Hall–Kier alpha value is -1.30. The van der Waals surface area contributed by atoms with Gasteiger partial charge < -0.3 is 19.7 Å². The lowest BCUT2D eigenvalue weighted by Crippen LogP contribution is -2.54. The van der Waals surface area contributed by atoms with Gasteiger partial charge >= 0.3 is 12.1 Å². The van der Waals surface area contributed by atoms with Crippen molar-refractivity contribution >= 4 is 12.1 Å². The second kappa shape index (κ2) is 6.92. The molecule has 1 amide bonds. The molecule has 2 fully saturated rings. The molecule has 2 atom stereocenters. The quantitative estimate of drug-likeness (QED) is 0.787. The molecule has 0 spiro atoms. The maximum absolute atomic E-state index is 11.8. The Morgan fingerprint density at radius 1 is 1.05 bits per heavy atom. The van der Waals surface area contributed by atoms with Gasteiger partial charge in [-0.05, 0) is 19.3 Å². The maximum atomic E-state index is 11.8. The summed E-state index contributed by atoms with van der Waals surface area (Å²) in [5.41, 5.74) is 0. The van der Waals surface area contributed by atoms with E-state index in [4.69, 9.17) is 9.47 Å². The molecule has 20 heavy (non-hydrogen) atoms. The second-order valence-corrected chi connectivity index (χ2v) is 5.68. The van der Waals surface area contributed by atoms with Crippen LogP contribution in [0.4, 0.5) is 4.79 Å². The molecule has 1 saturated carbocycles. The van der Waals surface area contributed by atoms with Crippen LogP contribution in [0.15, 0.2) is 0 Å². The van der Waals surface area contributed by atoms with Crippen LogP contribution in [0.3, 0.4) is 0 Å². The molecular weight excluding hydrogens is 260 g/mol. The number of rotatable bonds is 3. The number of ether oxygens (including phenoxy) is 2. The van der Waals surface area contributed by atoms with Crippen LogP contribution in [0.25, 0.3) is 0 Å². The van der Waals surface area contributed by atoms with E-state index >= 15 is 0 Å². The molecule has 6 heteroatoms. The van der Waals surface area contributed by atoms with E-state index in [1.54, 1.807) is 4.90 Å². The highest BCUT2D eigenvalue weighted by Gasteiger charge is 2.35. The van der Waals surface area contributed by atoms with Crippen LogP contribution in [-0.2, 0) is 14.3 Å². The predicted octanol–water partition coefficient (Wildman–Crippen LogP) is 1.15. The van der Waals surface area contributed by atoms with Crippen LogP contribution in [0.1, 0.15) is 32.1 Å². The van der Waals surface area contributed by atoms with Crippen LogP contribution >= 0.6 is 0 Å². The van der Waals surface area contributed by atoms with E-state index in [9.17, 15) is 9.59 Å². The lowest BCUT2D eigenvalue weighted by molar-refractivity contribution is -0.147. The first-order valence-electron chi connectivity index (χ1n) is 7.30. The molecule has 2 rings (SSSR count). The zero-order valence-electron chi connectivity index (χ0n) is 12.3. The molecule has 1 N–H and O–H groups in total. The highest BCUT2D eigenvalue weighted by molar-refractivity contribution is 5.74. The summed E-state index contributed by atoms with van der Waals surface area (Å²) in [5, 5.41) is 3.58. The molecule has 0 radical (unpaired) electrons. The Bertz CT molecular complexity index is 331. The first-order chi connectivity index (χ1) is 9.63. The lowest BCUT2D eigenvalue weighted by atomic mass is 9.94. The summed E-state index contributed by atoms with van der Waals surface area (Å²) in [7, 11) is 2.75. The lowest BCUT2D eigenvalue weighted by Gasteiger charge is -2.37. The summed E-state index contributed by atoms with van der Waals surface area (Å²) in [4.78, 5) is 25.1. The van der Waals surface area contributed by atoms with Crippen LogP contribution in [0, 0.1) is 5.92 Å². The van der Waals surface area contributed by atoms with Crippen molar-refractivity contribution in [1.82, 2.24) is 10.2 Å². The van der Waals surface area contributed by atoms with Gasteiger partial charge in [-0.1, -0.05) is 12.8 Å². The Balaban J connectivity index is 1.98. The van der Waals surface area contributed by atoms with Gasteiger partial charge in [0.05, 0.1) is 20.1 Å². The van der Waals surface area contributed by atoms with Crippen LogP contribution in [0.2, 0.25) is 0 Å². The van der Waals surface area contributed by atoms with Gasteiger partial charge in [-0.2, -0.15) is 0 Å². The Labute approximate surface area is 119 Å². The summed E-state index contributed by atoms with van der Waals surface area (Å²) in [5.74, 6) is -0.524. The molecule has 0 aromatic heterocycles. The van der Waals surface area contributed by atoms with Gasteiger partial charge in [-0.3, -0.25) is 4.79 Å². The van der Waals surface area contributed by atoms with E-state index in [1.165, 1.54) is 39.9 Å². The summed E-state index contributed by atoms with van der Waals surface area (Å²) in [6.07, 6.45) is 5.21. The van der Waals surface area contributed by atoms with E-state index in [2.05, 4.69) is 5.32 Å². The number of carbonyl (C=O) groups excluding carboxylic acids is 2. The molecule has 1 aliphatic heterocycles. The second-order valence-electron chi connectivity index (χ2n) is 5.68. The van der Waals surface area contributed by atoms with Crippen molar-refractivity contribution in [3.05, 3.63) is 0 Å². The largest absolute Gasteiger partial charge is 0.469 e. The Morgan fingerprint density at radius 3 is 2.35 bits per heavy atom. The van der Waals surface area contributed by atoms with Crippen molar-refractivity contribution in [3.63, 3.8) is 0 Å². The van der Waals surface area contributed by atoms with Crippen LogP contribution < -0.4 is 5.32 Å². The van der Waals surface area contributed by atoms with Crippen LogP contribution in [0.5, 0.6) is 0 Å². The third kappa shape index (κ3) is 3.62. The average molecular weight is 284 g/mol. The van der Waals surface area contributed by atoms with Gasteiger partial charge in [-0.15, -0.1) is 0 Å². The number of hydrogen-bond acceptors (Lipinski definition) is 5. The number of methoxy groups -OCH3 is 2. The number of nitrogens with one attached hydrogen (secondary N) is 1. The molecule has 0 bridgehead atoms. The van der Waals surface area contributed by atoms with Crippen molar-refractivity contribution in [2.75, 3.05) is 27.3 Å². The number of nitrogens with zero attached hydrogens (tertiary/aromatic N) is 1. The van der Waals surface area contributed by atoms with Gasteiger partial charge in [0, 0.05) is 25.2 Å². The standard InChI is InChI=1S/C14H24N2O4/c1-19-13(17)10-7-12(15-11-5-3-4-6-11)9-16(8-10)14(18)20-2/h10-12,15H,3-9H2,1-2H3. The van der Waals surface area contributed by atoms with Crippen molar-refractivity contribution in [3.8, 4) is 0 Å².